The highest BCUT2D eigenvalue weighted by atomic mass is 35.5. The van der Waals surface area contributed by atoms with Gasteiger partial charge in [-0.3, -0.25) is 9.78 Å². The van der Waals surface area contributed by atoms with E-state index in [-0.39, 0.29) is 5.02 Å². The number of nitrogens with one attached hydrogen (secondary N) is 1. The summed E-state index contributed by atoms with van der Waals surface area (Å²) >= 11 is 6.00. The highest BCUT2D eigenvalue weighted by molar-refractivity contribution is 6.31. The summed E-state index contributed by atoms with van der Waals surface area (Å²) in [6, 6.07) is 8.49. The second-order valence-electron chi connectivity index (χ2n) is 4.40. The summed E-state index contributed by atoms with van der Waals surface area (Å²) < 4.78 is 0. The highest BCUT2D eigenvalue weighted by Gasteiger charge is 2.25. The van der Waals surface area contributed by atoms with E-state index < -0.39 is 17.9 Å². The third-order valence-electron chi connectivity index (χ3n) is 2.99. The Bertz CT molecular complexity index is 688. The van der Waals surface area contributed by atoms with Gasteiger partial charge in [-0.1, -0.05) is 29.8 Å². The number of nitrogens with zero attached hydrogens (tertiary/aromatic N) is 1. The van der Waals surface area contributed by atoms with Crippen molar-refractivity contribution >= 4 is 23.5 Å². The summed E-state index contributed by atoms with van der Waals surface area (Å²) in [7, 11) is 0. The van der Waals surface area contributed by atoms with Gasteiger partial charge in [-0.2, -0.15) is 0 Å². The first-order chi connectivity index (χ1) is 10.0. The average Bonchev–Trinajstić information content (AvgIpc) is 2.45. The van der Waals surface area contributed by atoms with E-state index in [1.54, 1.807) is 49.5 Å². The lowest BCUT2D eigenvalue weighted by molar-refractivity contribution is -0.139. The molecule has 0 unspecified atom stereocenters. The molecule has 6 heteroatoms. The summed E-state index contributed by atoms with van der Waals surface area (Å²) in [4.78, 5) is 27.6. The lowest BCUT2D eigenvalue weighted by Crippen LogP contribution is -2.34. The molecule has 1 aromatic heterocycles. The molecule has 0 radical (unpaired) electrons. The van der Waals surface area contributed by atoms with Crippen LogP contribution in [-0.4, -0.2) is 22.0 Å². The number of aliphatic carboxylic acids is 1. The van der Waals surface area contributed by atoms with Gasteiger partial charge in [0, 0.05) is 22.5 Å². The number of carboxylic acids is 1. The van der Waals surface area contributed by atoms with Crippen LogP contribution in [0.5, 0.6) is 0 Å². The monoisotopic (exact) mass is 304 g/mol. The summed E-state index contributed by atoms with van der Waals surface area (Å²) in [6.45, 7) is 1.68. The van der Waals surface area contributed by atoms with Crippen molar-refractivity contribution in [2.24, 2.45) is 0 Å². The van der Waals surface area contributed by atoms with Crippen LogP contribution in [0.3, 0.4) is 0 Å². The molecule has 0 aliphatic heterocycles. The van der Waals surface area contributed by atoms with Crippen molar-refractivity contribution in [1.82, 2.24) is 10.3 Å². The fourth-order valence-corrected chi connectivity index (χ4v) is 2.16. The van der Waals surface area contributed by atoms with Crippen LogP contribution in [0.25, 0.3) is 0 Å². The summed E-state index contributed by atoms with van der Waals surface area (Å²) in [5, 5.41) is 12.1. The van der Waals surface area contributed by atoms with Gasteiger partial charge in [0.05, 0.1) is 5.56 Å². The number of aromatic nitrogens is 1. The summed E-state index contributed by atoms with van der Waals surface area (Å²) in [5.41, 5.74) is 1.19. The molecule has 0 fully saturated rings. The number of rotatable bonds is 4. The molecule has 0 saturated carbocycles. The quantitative estimate of drug-likeness (QED) is 0.910. The number of amides is 1. The van der Waals surface area contributed by atoms with Gasteiger partial charge in [0.2, 0.25) is 0 Å². The van der Waals surface area contributed by atoms with Crippen LogP contribution in [0.4, 0.5) is 0 Å². The Balaban J connectivity index is 2.30. The molecule has 2 N–H and O–H groups in total. The Kier molecular flexibility index (Phi) is 4.55. The largest absolute Gasteiger partial charge is 0.479 e. The second-order valence-corrected chi connectivity index (χ2v) is 4.81. The second kappa shape index (κ2) is 6.37. The topological polar surface area (TPSA) is 79.3 Å². The minimum atomic E-state index is -1.22. The van der Waals surface area contributed by atoms with Crippen LogP contribution >= 0.6 is 11.6 Å². The smallest absolute Gasteiger partial charge is 0.330 e. The summed E-state index contributed by atoms with van der Waals surface area (Å²) in [6.07, 6.45) is 1.56. The molecule has 1 amide bonds. The normalized spacial score (nSPS) is 11.7. The molecule has 1 heterocycles. The van der Waals surface area contributed by atoms with Crippen molar-refractivity contribution in [3.05, 3.63) is 64.4 Å². The molecule has 21 heavy (non-hydrogen) atoms. The van der Waals surface area contributed by atoms with E-state index in [2.05, 4.69) is 10.3 Å². The molecule has 0 aliphatic rings. The maximum absolute atomic E-state index is 12.2. The number of carbonyl (C=O) groups excluding carboxylic acids is 1. The average molecular weight is 305 g/mol. The Morgan fingerprint density at radius 2 is 1.95 bits per heavy atom. The maximum Gasteiger partial charge on any atom is 0.330 e. The molecule has 2 aromatic rings. The minimum Gasteiger partial charge on any atom is -0.479 e. The van der Waals surface area contributed by atoms with Gasteiger partial charge in [-0.15, -0.1) is 0 Å². The van der Waals surface area contributed by atoms with Gasteiger partial charge in [0.15, 0.2) is 6.04 Å². The lowest BCUT2D eigenvalue weighted by Gasteiger charge is -2.16. The van der Waals surface area contributed by atoms with Crippen LogP contribution in [0, 0.1) is 6.92 Å². The minimum absolute atomic E-state index is 0.285. The zero-order chi connectivity index (χ0) is 15.4. The Morgan fingerprint density at radius 1 is 1.24 bits per heavy atom. The van der Waals surface area contributed by atoms with Crippen molar-refractivity contribution in [1.29, 1.82) is 0 Å². The molecular weight excluding hydrogens is 292 g/mol. The summed E-state index contributed by atoms with van der Waals surface area (Å²) in [5.74, 6) is -1.69. The number of carboxylic acid groups (broad SMARTS) is 1. The molecule has 1 atom stereocenters. The van der Waals surface area contributed by atoms with E-state index in [4.69, 9.17) is 11.6 Å². The maximum atomic E-state index is 12.2. The van der Waals surface area contributed by atoms with E-state index >= 15 is 0 Å². The van der Waals surface area contributed by atoms with Crippen LogP contribution in [-0.2, 0) is 4.79 Å². The number of benzene rings is 1. The Hall–Kier alpha value is -2.40. The zero-order valence-electron chi connectivity index (χ0n) is 11.2. The first-order valence-corrected chi connectivity index (χ1v) is 6.58. The van der Waals surface area contributed by atoms with Gasteiger partial charge >= 0.3 is 5.97 Å². The number of halogens is 1. The highest BCUT2D eigenvalue weighted by Crippen LogP contribution is 2.23. The predicted octanol–water partition coefficient (Wildman–Crippen LogP) is 2.60. The molecule has 108 valence electrons. The number of pyridine rings is 1. The fourth-order valence-electron chi connectivity index (χ4n) is 1.91. The van der Waals surface area contributed by atoms with E-state index in [9.17, 15) is 14.7 Å². The molecule has 0 saturated heterocycles. The van der Waals surface area contributed by atoms with Gasteiger partial charge in [-0.05, 0) is 25.1 Å². The first-order valence-electron chi connectivity index (χ1n) is 6.20. The number of carbonyl (C=O) groups is 2. The molecule has 2 rings (SSSR count). The molecule has 0 spiro atoms. The number of hydrogen-bond acceptors (Lipinski definition) is 3. The van der Waals surface area contributed by atoms with Crippen LogP contribution in [0.15, 0.2) is 42.6 Å². The van der Waals surface area contributed by atoms with Crippen LogP contribution in [0.1, 0.15) is 27.7 Å². The van der Waals surface area contributed by atoms with Crippen molar-refractivity contribution in [3.8, 4) is 0 Å². The number of hydrogen-bond donors (Lipinski definition) is 2. The van der Waals surface area contributed by atoms with Crippen LogP contribution in [0.2, 0.25) is 5.02 Å². The molecular formula is C15H13ClN2O3. The van der Waals surface area contributed by atoms with Crippen molar-refractivity contribution in [2.45, 2.75) is 13.0 Å². The van der Waals surface area contributed by atoms with E-state index in [1.807, 2.05) is 0 Å². The van der Waals surface area contributed by atoms with Crippen LogP contribution < -0.4 is 5.32 Å². The van der Waals surface area contributed by atoms with E-state index in [1.165, 1.54) is 0 Å². The SMILES string of the molecule is Cc1ncccc1C(=O)N[C@@H](C(=O)O)c1ccccc1Cl. The van der Waals surface area contributed by atoms with Gasteiger partial charge < -0.3 is 10.4 Å². The zero-order valence-corrected chi connectivity index (χ0v) is 12.0. The molecule has 0 bridgehead atoms. The fraction of sp³-hybridized carbons (Fsp3) is 0.133. The molecule has 1 aromatic carbocycles. The van der Waals surface area contributed by atoms with Crippen molar-refractivity contribution < 1.29 is 14.7 Å². The Labute approximate surface area is 126 Å². The van der Waals surface area contributed by atoms with Gasteiger partial charge in [0.25, 0.3) is 5.91 Å². The first kappa shape index (κ1) is 15.0. The van der Waals surface area contributed by atoms with Crippen molar-refractivity contribution in [2.75, 3.05) is 0 Å². The van der Waals surface area contributed by atoms with E-state index in [0.717, 1.165) is 0 Å². The van der Waals surface area contributed by atoms with Gasteiger partial charge in [0.1, 0.15) is 0 Å². The van der Waals surface area contributed by atoms with Crippen molar-refractivity contribution in [3.63, 3.8) is 0 Å². The third-order valence-corrected chi connectivity index (χ3v) is 3.33. The third kappa shape index (κ3) is 3.38. The van der Waals surface area contributed by atoms with Gasteiger partial charge in [-0.25, -0.2) is 4.79 Å². The standard InChI is InChI=1S/C15H13ClN2O3/c1-9-10(6-4-8-17-9)14(19)18-13(15(20)21)11-5-2-3-7-12(11)16/h2-8,13H,1H3,(H,18,19)(H,20,21)/t13-/m1/s1. The predicted molar refractivity (Wildman–Crippen MR) is 78.3 cm³/mol. The lowest BCUT2D eigenvalue weighted by atomic mass is 10.1. The van der Waals surface area contributed by atoms with E-state index in [0.29, 0.717) is 16.8 Å². The molecule has 5 nitrogen and oxygen atoms in total. The Morgan fingerprint density at radius 3 is 2.57 bits per heavy atom. The molecule has 0 aliphatic carbocycles. The number of aryl methyl sites for hydroxylation is 1.